The van der Waals surface area contributed by atoms with Crippen LogP contribution in [0.2, 0.25) is 0 Å². The maximum absolute atomic E-state index is 12.6. The first-order valence-corrected chi connectivity index (χ1v) is 8.36. The predicted molar refractivity (Wildman–Crippen MR) is 95.5 cm³/mol. The van der Waals surface area contributed by atoms with E-state index in [1.54, 1.807) is 4.90 Å². The predicted octanol–water partition coefficient (Wildman–Crippen LogP) is 5.27. The molecular weight excluding hydrogens is 354 g/mol. The zero-order chi connectivity index (χ0) is 16.3. The Kier molecular flexibility index (Phi) is 4.53. The molecule has 1 amide bonds. The van der Waals surface area contributed by atoms with Gasteiger partial charge in [0.05, 0.1) is 0 Å². The van der Waals surface area contributed by atoms with E-state index in [4.69, 9.17) is 4.74 Å². The van der Waals surface area contributed by atoms with Crippen molar-refractivity contribution in [3.8, 4) is 0 Å². The van der Waals surface area contributed by atoms with Crippen LogP contribution in [0.5, 0.6) is 0 Å². The molecule has 2 aromatic carbocycles. The molecule has 1 saturated heterocycles. The van der Waals surface area contributed by atoms with Crippen LogP contribution < -0.4 is 4.90 Å². The molecule has 2 aromatic rings. The summed E-state index contributed by atoms with van der Waals surface area (Å²) in [6.45, 7) is 4.44. The van der Waals surface area contributed by atoms with Crippen molar-refractivity contribution in [2.24, 2.45) is 0 Å². The standard InChI is InChI=1S/C19H18BrNO2/c1-2-11-19(15-7-4-3-5-8-15)12-13-21(18(22)23-19)17-10-6-9-16(20)14-17/h2-10,14H,1,11-13H2. The molecule has 23 heavy (non-hydrogen) atoms. The Bertz CT molecular complexity index is 716. The number of nitrogens with zero attached hydrogens (tertiary/aromatic N) is 1. The molecule has 3 nitrogen and oxygen atoms in total. The highest BCUT2D eigenvalue weighted by molar-refractivity contribution is 9.10. The number of hydrogen-bond donors (Lipinski definition) is 0. The molecule has 3 rings (SSSR count). The summed E-state index contributed by atoms with van der Waals surface area (Å²) in [4.78, 5) is 14.3. The Morgan fingerprint density at radius 2 is 2.00 bits per heavy atom. The van der Waals surface area contributed by atoms with Gasteiger partial charge < -0.3 is 4.74 Å². The van der Waals surface area contributed by atoms with E-state index in [9.17, 15) is 4.79 Å². The SMILES string of the molecule is C=CCC1(c2ccccc2)CCN(c2cccc(Br)c2)C(=O)O1. The van der Waals surface area contributed by atoms with Crippen LogP contribution >= 0.6 is 15.9 Å². The number of amides is 1. The number of cyclic esters (lactones) is 1. The van der Waals surface area contributed by atoms with Gasteiger partial charge in [-0.15, -0.1) is 6.58 Å². The lowest BCUT2D eigenvalue weighted by molar-refractivity contribution is -0.00681. The number of halogens is 1. The maximum Gasteiger partial charge on any atom is 0.415 e. The monoisotopic (exact) mass is 371 g/mol. The van der Waals surface area contributed by atoms with Crippen LogP contribution in [-0.2, 0) is 10.3 Å². The minimum absolute atomic E-state index is 0.319. The number of anilines is 1. The van der Waals surface area contributed by atoms with E-state index < -0.39 is 5.60 Å². The lowest BCUT2D eigenvalue weighted by atomic mass is 9.86. The minimum atomic E-state index is -0.622. The van der Waals surface area contributed by atoms with E-state index >= 15 is 0 Å². The van der Waals surface area contributed by atoms with Crippen molar-refractivity contribution in [3.05, 3.63) is 77.3 Å². The molecule has 0 aromatic heterocycles. The largest absolute Gasteiger partial charge is 0.437 e. The van der Waals surface area contributed by atoms with Crippen molar-refractivity contribution < 1.29 is 9.53 Å². The Morgan fingerprint density at radius 1 is 1.22 bits per heavy atom. The number of carbonyl (C=O) groups excluding carboxylic acids is 1. The van der Waals surface area contributed by atoms with Gasteiger partial charge >= 0.3 is 6.09 Å². The fraction of sp³-hybridized carbons (Fsp3) is 0.211. The fourth-order valence-electron chi connectivity index (χ4n) is 2.98. The van der Waals surface area contributed by atoms with Crippen LogP contribution in [0.3, 0.4) is 0 Å². The Labute approximate surface area is 144 Å². The van der Waals surface area contributed by atoms with Crippen molar-refractivity contribution in [1.82, 2.24) is 0 Å². The van der Waals surface area contributed by atoms with Crippen molar-refractivity contribution in [2.45, 2.75) is 18.4 Å². The summed E-state index contributed by atoms with van der Waals surface area (Å²) in [5.41, 5.74) is 1.23. The first kappa shape index (κ1) is 15.8. The maximum atomic E-state index is 12.6. The number of ether oxygens (including phenoxy) is 1. The highest BCUT2D eigenvalue weighted by Crippen LogP contribution is 2.39. The van der Waals surface area contributed by atoms with Crippen LogP contribution in [0.4, 0.5) is 10.5 Å². The van der Waals surface area contributed by atoms with Gasteiger partial charge in [-0.1, -0.05) is 58.4 Å². The third-order valence-electron chi connectivity index (χ3n) is 4.14. The Morgan fingerprint density at radius 3 is 2.65 bits per heavy atom. The molecule has 1 fully saturated rings. The topological polar surface area (TPSA) is 29.5 Å². The van der Waals surface area contributed by atoms with Gasteiger partial charge in [0.2, 0.25) is 0 Å². The molecule has 118 valence electrons. The molecule has 1 heterocycles. The fourth-order valence-corrected chi connectivity index (χ4v) is 3.36. The summed E-state index contributed by atoms with van der Waals surface area (Å²) in [5, 5.41) is 0. The molecule has 0 N–H and O–H groups in total. The molecule has 0 bridgehead atoms. The number of benzene rings is 2. The molecule has 0 aliphatic carbocycles. The minimum Gasteiger partial charge on any atom is -0.437 e. The first-order valence-electron chi connectivity index (χ1n) is 7.57. The van der Waals surface area contributed by atoms with Gasteiger partial charge in [-0.2, -0.15) is 0 Å². The highest BCUT2D eigenvalue weighted by Gasteiger charge is 2.41. The summed E-state index contributed by atoms with van der Waals surface area (Å²) in [6, 6.07) is 17.6. The smallest absolute Gasteiger partial charge is 0.415 e. The number of carbonyl (C=O) groups is 1. The van der Waals surface area contributed by atoms with Crippen molar-refractivity contribution >= 4 is 27.7 Å². The second kappa shape index (κ2) is 6.59. The molecular formula is C19H18BrNO2. The van der Waals surface area contributed by atoms with Crippen LogP contribution in [0, 0.1) is 0 Å². The summed E-state index contributed by atoms with van der Waals surface area (Å²) in [6.07, 6.45) is 2.82. The van der Waals surface area contributed by atoms with E-state index in [0.29, 0.717) is 13.0 Å². The van der Waals surface area contributed by atoms with Gasteiger partial charge in [-0.3, -0.25) is 4.90 Å². The number of rotatable bonds is 4. The molecule has 0 spiro atoms. The van der Waals surface area contributed by atoms with E-state index in [1.807, 2.05) is 60.7 Å². The molecule has 1 aliphatic rings. The van der Waals surface area contributed by atoms with E-state index in [-0.39, 0.29) is 6.09 Å². The Balaban J connectivity index is 1.89. The van der Waals surface area contributed by atoms with E-state index in [0.717, 1.165) is 22.1 Å². The van der Waals surface area contributed by atoms with Crippen LogP contribution in [-0.4, -0.2) is 12.6 Å². The van der Waals surface area contributed by atoms with Gasteiger partial charge in [0.15, 0.2) is 0 Å². The lowest BCUT2D eigenvalue weighted by Gasteiger charge is -2.41. The van der Waals surface area contributed by atoms with Gasteiger partial charge in [-0.25, -0.2) is 4.79 Å². The molecule has 4 heteroatoms. The zero-order valence-electron chi connectivity index (χ0n) is 12.7. The van der Waals surface area contributed by atoms with Gasteiger partial charge in [-0.05, 0) is 23.8 Å². The third-order valence-corrected chi connectivity index (χ3v) is 4.63. The van der Waals surface area contributed by atoms with Crippen LogP contribution in [0.15, 0.2) is 71.7 Å². The quantitative estimate of drug-likeness (QED) is 0.685. The van der Waals surface area contributed by atoms with Gasteiger partial charge in [0.25, 0.3) is 0 Å². The second-order valence-electron chi connectivity index (χ2n) is 5.60. The number of hydrogen-bond acceptors (Lipinski definition) is 2. The summed E-state index contributed by atoms with van der Waals surface area (Å²) in [5.74, 6) is 0. The summed E-state index contributed by atoms with van der Waals surface area (Å²) in [7, 11) is 0. The van der Waals surface area contributed by atoms with Crippen molar-refractivity contribution in [2.75, 3.05) is 11.4 Å². The van der Waals surface area contributed by atoms with Crippen LogP contribution in [0.1, 0.15) is 18.4 Å². The zero-order valence-corrected chi connectivity index (χ0v) is 14.3. The summed E-state index contributed by atoms with van der Waals surface area (Å²) >= 11 is 3.44. The molecule has 1 unspecified atom stereocenters. The average molecular weight is 372 g/mol. The molecule has 1 aliphatic heterocycles. The second-order valence-corrected chi connectivity index (χ2v) is 6.52. The average Bonchev–Trinajstić information content (AvgIpc) is 2.56. The van der Waals surface area contributed by atoms with E-state index in [2.05, 4.69) is 22.5 Å². The van der Waals surface area contributed by atoms with Gasteiger partial charge in [0.1, 0.15) is 5.60 Å². The van der Waals surface area contributed by atoms with E-state index in [1.165, 1.54) is 0 Å². The molecule has 1 atom stereocenters. The lowest BCUT2D eigenvalue weighted by Crippen LogP contribution is -2.48. The molecule has 0 saturated carbocycles. The van der Waals surface area contributed by atoms with Gasteiger partial charge in [0, 0.05) is 29.5 Å². The van der Waals surface area contributed by atoms with Crippen molar-refractivity contribution in [1.29, 1.82) is 0 Å². The highest BCUT2D eigenvalue weighted by atomic mass is 79.9. The normalized spacial score (nSPS) is 20.9. The third kappa shape index (κ3) is 3.17. The van der Waals surface area contributed by atoms with Crippen LogP contribution in [0.25, 0.3) is 0 Å². The summed E-state index contributed by atoms with van der Waals surface area (Å²) < 4.78 is 6.85. The molecule has 0 radical (unpaired) electrons. The Hall–Kier alpha value is -2.07. The first-order chi connectivity index (χ1) is 11.1. The van der Waals surface area contributed by atoms with Crippen molar-refractivity contribution in [3.63, 3.8) is 0 Å².